The van der Waals surface area contributed by atoms with Crippen molar-refractivity contribution in [3.05, 3.63) is 65.5 Å². The van der Waals surface area contributed by atoms with Crippen LogP contribution in [0.4, 0.5) is 0 Å². The first-order valence-corrected chi connectivity index (χ1v) is 9.53. The zero-order valence-electron chi connectivity index (χ0n) is 16.4. The van der Waals surface area contributed by atoms with Crippen molar-refractivity contribution in [2.24, 2.45) is 0 Å². The minimum Gasteiger partial charge on any atom is -0.347 e. The van der Waals surface area contributed by atoms with Crippen molar-refractivity contribution in [1.29, 1.82) is 0 Å². The zero-order valence-corrected chi connectivity index (χ0v) is 16.4. The molecule has 29 heavy (non-hydrogen) atoms. The molecule has 2 atom stereocenters. The maximum absolute atomic E-state index is 13.0. The van der Waals surface area contributed by atoms with Gasteiger partial charge in [0.05, 0.1) is 12.2 Å². The van der Waals surface area contributed by atoms with Crippen LogP contribution in [0.2, 0.25) is 0 Å². The van der Waals surface area contributed by atoms with Crippen LogP contribution in [0.3, 0.4) is 0 Å². The summed E-state index contributed by atoms with van der Waals surface area (Å²) in [6, 6.07) is 8.56. The number of nitrogens with one attached hydrogen (secondary N) is 2. The van der Waals surface area contributed by atoms with Gasteiger partial charge in [0.15, 0.2) is 5.82 Å². The Morgan fingerprint density at radius 2 is 2.03 bits per heavy atom. The van der Waals surface area contributed by atoms with E-state index in [2.05, 4.69) is 25.6 Å². The molecule has 2 amide bonds. The number of nitrogens with zero attached hydrogens (tertiary/aromatic N) is 5. The molecule has 9 heteroatoms. The van der Waals surface area contributed by atoms with Crippen molar-refractivity contribution in [2.45, 2.75) is 38.9 Å². The normalized spacial score (nSPS) is 18.8. The van der Waals surface area contributed by atoms with Crippen LogP contribution >= 0.6 is 0 Å². The fourth-order valence-corrected chi connectivity index (χ4v) is 3.61. The van der Waals surface area contributed by atoms with Crippen LogP contribution in [0.15, 0.2) is 42.7 Å². The maximum atomic E-state index is 13.0. The molecule has 0 radical (unpaired) electrons. The summed E-state index contributed by atoms with van der Waals surface area (Å²) >= 11 is 0. The summed E-state index contributed by atoms with van der Waals surface area (Å²) in [5.74, 6) is 1.00. The quantitative estimate of drug-likeness (QED) is 0.681. The van der Waals surface area contributed by atoms with Crippen LogP contribution in [0.5, 0.6) is 0 Å². The molecular weight excluding hydrogens is 370 g/mol. The van der Waals surface area contributed by atoms with Gasteiger partial charge in [0.2, 0.25) is 5.91 Å². The Bertz CT molecular complexity index is 1010. The molecular formula is C20H23N7O2. The van der Waals surface area contributed by atoms with Gasteiger partial charge in [-0.3, -0.25) is 19.4 Å². The van der Waals surface area contributed by atoms with Gasteiger partial charge in [-0.1, -0.05) is 18.2 Å². The monoisotopic (exact) mass is 393 g/mol. The fourth-order valence-electron chi connectivity index (χ4n) is 3.61. The summed E-state index contributed by atoms with van der Waals surface area (Å²) in [4.78, 5) is 31.7. The van der Waals surface area contributed by atoms with E-state index < -0.39 is 0 Å². The van der Waals surface area contributed by atoms with E-state index in [-0.39, 0.29) is 30.4 Å². The molecule has 1 fully saturated rings. The zero-order chi connectivity index (χ0) is 20.4. The first-order chi connectivity index (χ1) is 14.0. The van der Waals surface area contributed by atoms with Crippen molar-refractivity contribution in [2.75, 3.05) is 6.54 Å². The minimum absolute atomic E-state index is 0.0861. The molecule has 1 saturated heterocycles. The number of aromatic nitrogens is 5. The molecule has 3 aromatic rings. The smallest absolute Gasteiger partial charge is 0.251 e. The summed E-state index contributed by atoms with van der Waals surface area (Å²) in [6.45, 7) is 4.28. The van der Waals surface area contributed by atoms with Crippen molar-refractivity contribution in [3.8, 4) is 0 Å². The molecule has 0 aliphatic carbocycles. The third-order valence-corrected chi connectivity index (χ3v) is 4.96. The molecule has 0 spiro atoms. The van der Waals surface area contributed by atoms with Gasteiger partial charge in [0.1, 0.15) is 12.4 Å². The number of rotatable bonds is 5. The van der Waals surface area contributed by atoms with Gasteiger partial charge in [-0.15, -0.1) is 0 Å². The third kappa shape index (κ3) is 4.18. The van der Waals surface area contributed by atoms with Crippen molar-refractivity contribution in [1.82, 2.24) is 35.2 Å². The largest absolute Gasteiger partial charge is 0.347 e. The molecule has 0 unspecified atom stereocenters. The van der Waals surface area contributed by atoms with Crippen molar-refractivity contribution >= 4 is 11.8 Å². The Hall–Kier alpha value is -3.49. The molecule has 1 aromatic carbocycles. The predicted molar refractivity (Wildman–Crippen MR) is 105 cm³/mol. The lowest BCUT2D eigenvalue weighted by molar-refractivity contribution is -0.133. The van der Waals surface area contributed by atoms with Gasteiger partial charge in [0, 0.05) is 24.3 Å². The number of aryl methyl sites for hydroxylation is 2. The van der Waals surface area contributed by atoms with Crippen LogP contribution in [-0.2, 0) is 11.3 Å². The molecule has 1 aliphatic heterocycles. The summed E-state index contributed by atoms with van der Waals surface area (Å²) in [5.41, 5.74) is 1.59. The van der Waals surface area contributed by atoms with Crippen molar-refractivity contribution < 1.29 is 9.59 Å². The number of hydrogen-bond acceptors (Lipinski definition) is 5. The Balaban J connectivity index is 1.51. The number of carbonyl (C=O) groups is 2. The molecule has 0 saturated carbocycles. The predicted octanol–water partition coefficient (Wildman–Crippen LogP) is 1.39. The third-order valence-electron chi connectivity index (χ3n) is 4.96. The highest BCUT2D eigenvalue weighted by atomic mass is 16.2. The van der Waals surface area contributed by atoms with Crippen LogP contribution in [0.1, 0.15) is 40.0 Å². The second kappa shape index (κ2) is 7.86. The Labute approximate surface area is 168 Å². The van der Waals surface area contributed by atoms with E-state index in [4.69, 9.17) is 0 Å². The number of likely N-dealkylation sites (tertiary alicyclic amines) is 1. The first kappa shape index (κ1) is 18.9. The summed E-state index contributed by atoms with van der Waals surface area (Å²) in [7, 11) is 0. The molecule has 150 valence electrons. The number of H-pyrrole nitrogens is 1. The lowest BCUT2D eigenvalue weighted by atomic mass is 10.1. The van der Waals surface area contributed by atoms with Gasteiger partial charge >= 0.3 is 0 Å². The number of hydrogen-bond donors (Lipinski definition) is 2. The maximum Gasteiger partial charge on any atom is 0.251 e. The Morgan fingerprint density at radius 3 is 2.69 bits per heavy atom. The van der Waals surface area contributed by atoms with E-state index in [1.807, 2.05) is 38.2 Å². The number of amides is 2. The highest BCUT2D eigenvalue weighted by Crippen LogP contribution is 2.30. The lowest BCUT2D eigenvalue weighted by Gasteiger charge is -2.22. The van der Waals surface area contributed by atoms with E-state index >= 15 is 0 Å². The second-order valence-corrected chi connectivity index (χ2v) is 7.33. The minimum atomic E-state index is -0.301. The second-order valence-electron chi connectivity index (χ2n) is 7.33. The average molecular weight is 393 g/mol. The first-order valence-electron chi connectivity index (χ1n) is 9.53. The molecule has 2 aromatic heterocycles. The van der Waals surface area contributed by atoms with Gasteiger partial charge in [0.25, 0.3) is 5.91 Å². The van der Waals surface area contributed by atoms with Gasteiger partial charge in [-0.25, -0.2) is 4.98 Å². The fraction of sp³-hybridized carbons (Fsp3) is 0.350. The Kier molecular flexibility index (Phi) is 5.11. The SMILES string of the molecule is Cc1cnn(CC(=O)N2C[C@@H](NC(=O)c3ccccc3)C[C@H]2c2n[nH]c(C)n2)c1. The van der Waals surface area contributed by atoms with E-state index in [9.17, 15) is 9.59 Å². The topological polar surface area (TPSA) is 109 Å². The summed E-state index contributed by atoms with van der Waals surface area (Å²) in [6.07, 6.45) is 4.10. The Morgan fingerprint density at radius 1 is 1.24 bits per heavy atom. The van der Waals surface area contributed by atoms with E-state index in [0.717, 1.165) is 5.56 Å². The van der Waals surface area contributed by atoms with Crippen LogP contribution in [0, 0.1) is 13.8 Å². The number of aromatic amines is 1. The summed E-state index contributed by atoms with van der Waals surface area (Å²) < 4.78 is 1.62. The van der Waals surface area contributed by atoms with Crippen LogP contribution in [0.25, 0.3) is 0 Å². The van der Waals surface area contributed by atoms with Crippen LogP contribution < -0.4 is 5.32 Å². The van der Waals surface area contributed by atoms with Crippen LogP contribution in [-0.4, -0.2) is 54.3 Å². The van der Waals surface area contributed by atoms with Gasteiger partial charge in [-0.05, 0) is 38.0 Å². The lowest BCUT2D eigenvalue weighted by Crippen LogP contribution is -2.39. The average Bonchev–Trinajstić information content (AvgIpc) is 3.42. The standard InChI is InChI=1S/C20H23N7O2/c1-13-9-21-26(10-13)12-18(28)27-11-16(8-17(27)19-22-14(2)24-25-19)23-20(29)15-6-4-3-5-7-15/h3-7,9-10,16-17H,8,11-12H2,1-2H3,(H,23,29)(H,22,24,25)/t16-,17-/m0/s1. The molecule has 4 rings (SSSR count). The number of benzene rings is 1. The van der Waals surface area contributed by atoms with Gasteiger partial charge < -0.3 is 10.2 Å². The van der Waals surface area contributed by atoms with Gasteiger partial charge in [-0.2, -0.15) is 10.2 Å². The van der Waals surface area contributed by atoms with E-state index in [1.54, 1.807) is 27.9 Å². The highest BCUT2D eigenvalue weighted by Gasteiger charge is 2.39. The molecule has 2 N–H and O–H groups in total. The molecule has 3 heterocycles. The highest BCUT2D eigenvalue weighted by molar-refractivity contribution is 5.94. The molecule has 1 aliphatic rings. The molecule has 0 bridgehead atoms. The molecule has 9 nitrogen and oxygen atoms in total. The summed E-state index contributed by atoms with van der Waals surface area (Å²) in [5, 5.41) is 14.3. The van der Waals surface area contributed by atoms with E-state index in [0.29, 0.717) is 30.2 Å². The number of carbonyl (C=O) groups excluding carboxylic acids is 2. The van der Waals surface area contributed by atoms with Crippen molar-refractivity contribution in [3.63, 3.8) is 0 Å². The van der Waals surface area contributed by atoms with E-state index in [1.165, 1.54) is 0 Å².